The second-order valence-electron chi connectivity index (χ2n) is 6.64. The van der Waals surface area contributed by atoms with Crippen molar-refractivity contribution in [2.45, 2.75) is 25.7 Å². The molecular formula is C20H21F3N2O. The van der Waals surface area contributed by atoms with Gasteiger partial charge < -0.3 is 4.90 Å². The number of rotatable bonds is 3. The molecule has 6 heteroatoms. The second-order valence-corrected chi connectivity index (χ2v) is 6.64. The molecule has 1 aliphatic heterocycles. The van der Waals surface area contributed by atoms with E-state index >= 15 is 0 Å². The molecule has 0 bridgehead atoms. The van der Waals surface area contributed by atoms with Crippen molar-refractivity contribution in [1.82, 2.24) is 9.80 Å². The van der Waals surface area contributed by atoms with Gasteiger partial charge in [-0.1, -0.05) is 30.3 Å². The summed E-state index contributed by atoms with van der Waals surface area (Å²) in [4.78, 5) is 16.7. The maximum atomic E-state index is 12.7. The zero-order chi connectivity index (χ0) is 18.7. The Bertz CT molecular complexity index is 744. The fraction of sp³-hybridized carbons (Fsp3) is 0.350. The van der Waals surface area contributed by atoms with Crippen LogP contribution in [0.3, 0.4) is 0 Å². The van der Waals surface area contributed by atoms with Crippen molar-refractivity contribution in [3.63, 3.8) is 0 Å². The maximum Gasteiger partial charge on any atom is 0.416 e. The van der Waals surface area contributed by atoms with Gasteiger partial charge >= 0.3 is 6.18 Å². The quantitative estimate of drug-likeness (QED) is 0.822. The lowest BCUT2D eigenvalue weighted by atomic mass is 10.1. The third-order valence-corrected chi connectivity index (χ3v) is 4.68. The molecule has 1 amide bonds. The molecule has 0 radical (unpaired) electrons. The highest BCUT2D eigenvalue weighted by molar-refractivity contribution is 5.94. The van der Waals surface area contributed by atoms with Crippen LogP contribution in [0.4, 0.5) is 13.2 Å². The highest BCUT2D eigenvalue weighted by atomic mass is 19.4. The Balaban J connectivity index is 1.63. The van der Waals surface area contributed by atoms with E-state index in [-0.39, 0.29) is 11.9 Å². The summed E-state index contributed by atoms with van der Waals surface area (Å²) in [6.07, 6.45) is -4.39. The first kappa shape index (κ1) is 18.5. The molecule has 0 aliphatic carbocycles. The lowest BCUT2D eigenvalue weighted by Crippen LogP contribution is -2.53. The maximum absolute atomic E-state index is 12.7. The van der Waals surface area contributed by atoms with Gasteiger partial charge in [0.15, 0.2) is 0 Å². The van der Waals surface area contributed by atoms with Crippen LogP contribution < -0.4 is 0 Å². The molecule has 3 nitrogen and oxygen atoms in total. The molecular weight excluding hydrogens is 341 g/mol. The second kappa shape index (κ2) is 7.50. The summed E-state index contributed by atoms with van der Waals surface area (Å²) in [7, 11) is 0. The van der Waals surface area contributed by atoms with Gasteiger partial charge in [0.2, 0.25) is 0 Å². The van der Waals surface area contributed by atoms with E-state index in [4.69, 9.17) is 0 Å². The third-order valence-electron chi connectivity index (χ3n) is 4.68. The number of benzene rings is 2. The average molecular weight is 362 g/mol. The molecule has 1 saturated heterocycles. The summed E-state index contributed by atoms with van der Waals surface area (Å²) in [6, 6.07) is 14.6. The number of hydrogen-bond donors (Lipinski definition) is 0. The van der Waals surface area contributed by atoms with E-state index in [9.17, 15) is 18.0 Å². The van der Waals surface area contributed by atoms with Gasteiger partial charge in [-0.15, -0.1) is 0 Å². The van der Waals surface area contributed by atoms with Crippen molar-refractivity contribution in [3.05, 3.63) is 71.3 Å². The summed E-state index contributed by atoms with van der Waals surface area (Å²) in [5.41, 5.74) is 0.776. The molecule has 2 aromatic rings. The molecule has 1 atom stereocenters. The van der Waals surface area contributed by atoms with Crippen LogP contribution in [-0.2, 0) is 12.7 Å². The average Bonchev–Trinajstić information content (AvgIpc) is 2.62. The number of carbonyl (C=O) groups is 1. The molecule has 0 aromatic heterocycles. The number of nitrogens with zero attached hydrogens (tertiary/aromatic N) is 2. The Morgan fingerprint density at radius 3 is 2.27 bits per heavy atom. The number of carbonyl (C=O) groups excluding carboxylic acids is 1. The van der Waals surface area contributed by atoms with Crippen LogP contribution >= 0.6 is 0 Å². The molecule has 138 valence electrons. The summed E-state index contributed by atoms with van der Waals surface area (Å²) >= 11 is 0. The van der Waals surface area contributed by atoms with Gasteiger partial charge in [0, 0.05) is 37.8 Å². The number of hydrogen-bond acceptors (Lipinski definition) is 2. The van der Waals surface area contributed by atoms with Gasteiger partial charge in [0.1, 0.15) is 0 Å². The monoisotopic (exact) mass is 362 g/mol. The van der Waals surface area contributed by atoms with Crippen molar-refractivity contribution < 1.29 is 18.0 Å². The van der Waals surface area contributed by atoms with E-state index in [1.807, 2.05) is 25.1 Å². The van der Waals surface area contributed by atoms with Crippen LogP contribution in [0.1, 0.15) is 28.4 Å². The highest BCUT2D eigenvalue weighted by Gasteiger charge is 2.31. The minimum absolute atomic E-state index is 0.00209. The van der Waals surface area contributed by atoms with E-state index in [2.05, 4.69) is 17.0 Å². The normalized spacial score (nSPS) is 18.8. The lowest BCUT2D eigenvalue weighted by molar-refractivity contribution is -0.137. The van der Waals surface area contributed by atoms with Crippen LogP contribution in [0, 0.1) is 0 Å². The Kier molecular flexibility index (Phi) is 5.32. The van der Waals surface area contributed by atoms with E-state index in [0.717, 1.165) is 31.8 Å². The van der Waals surface area contributed by atoms with Crippen molar-refractivity contribution >= 4 is 5.91 Å². The predicted molar refractivity (Wildman–Crippen MR) is 93.7 cm³/mol. The van der Waals surface area contributed by atoms with Crippen molar-refractivity contribution in [2.24, 2.45) is 0 Å². The van der Waals surface area contributed by atoms with E-state index in [1.54, 1.807) is 4.90 Å². The standard InChI is InChI=1S/C20H21F3N2O/c1-15-13-24(14-16-5-3-2-4-6-16)11-12-25(15)19(26)17-7-9-18(10-8-17)20(21,22)23/h2-10,15H,11-14H2,1H3. The molecule has 1 unspecified atom stereocenters. The SMILES string of the molecule is CC1CN(Cc2ccccc2)CCN1C(=O)c1ccc(C(F)(F)F)cc1. The predicted octanol–water partition coefficient (Wildman–Crippen LogP) is 4.05. The smallest absolute Gasteiger partial charge is 0.333 e. The first-order valence-corrected chi connectivity index (χ1v) is 8.59. The Morgan fingerprint density at radius 1 is 1.04 bits per heavy atom. The summed E-state index contributed by atoms with van der Waals surface area (Å²) in [5.74, 6) is -0.217. The molecule has 26 heavy (non-hydrogen) atoms. The van der Waals surface area contributed by atoms with Crippen molar-refractivity contribution in [3.8, 4) is 0 Å². The van der Waals surface area contributed by atoms with E-state index in [1.165, 1.54) is 17.7 Å². The molecule has 0 saturated carbocycles. The highest BCUT2D eigenvalue weighted by Crippen LogP contribution is 2.29. The molecule has 1 fully saturated rings. The van der Waals surface area contributed by atoms with Crippen molar-refractivity contribution in [1.29, 1.82) is 0 Å². The first-order chi connectivity index (χ1) is 12.3. The van der Waals surface area contributed by atoms with Crippen LogP contribution in [-0.4, -0.2) is 41.4 Å². The summed E-state index contributed by atoms with van der Waals surface area (Å²) in [6.45, 7) is 4.84. The minimum Gasteiger partial charge on any atom is -0.333 e. The number of halogens is 3. The molecule has 0 N–H and O–H groups in total. The van der Waals surface area contributed by atoms with E-state index in [0.29, 0.717) is 12.1 Å². The first-order valence-electron chi connectivity index (χ1n) is 8.59. The largest absolute Gasteiger partial charge is 0.416 e. The van der Waals surface area contributed by atoms with E-state index < -0.39 is 11.7 Å². The van der Waals surface area contributed by atoms with Gasteiger partial charge in [-0.2, -0.15) is 13.2 Å². The van der Waals surface area contributed by atoms with Gasteiger partial charge in [0.25, 0.3) is 5.91 Å². The Morgan fingerprint density at radius 2 is 1.69 bits per heavy atom. The number of amides is 1. The number of piperazine rings is 1. The fourth-order valence-corrected chi connectivity index (χ4v) is 3.29. The van der Waals surface area contributed by atoms with Gasteiger partial charge in [-0.3, -0.25) is 9.69 Å². The van der Waals surface area contributed by atoms with Crippen LogP contribution in [0.25, 0.3) is 0 Å². The summed E-state index contributed by atoms with van der Waals surface area (Å²) < 4.78 is 38.0. The Hall–Kier alpha value is -2.34. The zero-order valence-corrected chi connectivity index (χ0v) is 14.5. The van der Waals surface area contributed by atoms with Crippen LogP contribution in [0.2, 0.25) is 0 Å². The van der Waals surface area contributed by atoms with Crippen molar-refractivity contribution in [2.75, 3.05) is 19.6 Å². The number of alkyl halides is 3. The lowest BCUT2D eigenvalue weighted by Gasteiger charge is -2.40. The molecule has 1 heterocycles. The molecule has 1 aliphatic rings. The fourth-order valence-electron chi connectivity index (χ4n) is 3.29. The Labute approximate surface area is 151 Å². The molecule has 3 rings (SSSR count). The van der Waals surface area contributed by atoms with Crippen LogP contribution in [0.15, 0.2) is 54.6 Å². The molecule has 2 aromatic carbocycles. The summed E-state index contributed by atoms with van der Waals surface area (Å²) in [5, 5.41) is 0. The van der Waals surface area contributed by atoms with Gasteiger partial charge in [0.05, 0.1) is 5.56 Å². The third kappa shape index (κ3) is 4.25. The van der Waals surface area contributed by atoms with Gasteiger partial charge in [-0.25, -0.2) is 0 Å². The minimum atomic E-state index is -4.39. The van der Waals surface area contributed by atoms with Gasteiger partial charge in [-0.05, 0) is 36.8 Å². The van der Waals surface area contributed by atoms with Crippen LogP contribution in [0.5, 0.6) is 0 Å². The molecule has 0 spiro atoms. The topological polar surface area (TPSA) is 23.6 Å². The zero-order valence-electron chi connectivity index (χ0n) is 14.5.